The van der Waals surface area contributed by atoms with Crippen LogP contribution >= 0.6 is 11.6 Å². The molecule has 7 heteroatoms. The van der Waals surface area contributed by atoms with Gasteiger partial charge in [0.25, 0.3) is 0 Å². The van der Waals surface area contributed by atoms with Gasteiger partial charge in [-0.15, -0.1) is 0 Å². The molecule has 1 aromatic heterocycles. The number of carbonyl (C=O) groups is 1. The number of aromatic nitrogens is 1. The fourth-order valence-electron chi connectivity index (χ4n) is 1.15. The van der Waals surface area contributed by atoms with Gasteiger partial charge in [0.1, 0.15) is 5.15 Å². The van der Waals surface area contributed by atoms with Crippen molar-refractivity contribution in [3.05, 3.63) is 28.5 Å². The maximum atomic E-state index is 12.6. The summed E-state index contributed by atoms with van der Waals surface area (Å²) in [6, 6.07) is 1.09. The maximum Gasteiger partial charge on any atom is 0.419 e. The number of hydrogen-bond acceptors (Lipinski definition) is 3. The molecule has 0 saturated heterocycles. The summed E-state index contributed by atoms with van der Waals surface area (Å²) in [5, 5.41) is -0.672. The molecule has 0 aliphatic rings. The Morgan fingerprint density at radius 2 is 2.19 bits per heavy atom. The zero-order valence-corrected chi connectivity index (χ0v) is 8.89. The van der Waals surface area contributed by atoms with E-state index in [0.717, 1.165) is 19.4 Å². The van der Waals surface area contributed by atoms with Crippen molar-refractivity contribution in [3.63, 3.8) is 0 Å². The number of methoxy groups -OCH3 is 1. The van der Waals surface area contributed by atoms with Gasteiger partial charge in [0, 0.05) is 6.20 Å². The maximum absolute atomic E-state index is 12.6. The van der Waals surface area contributed by atoms with Crippen LogP contribution in [0, 0.1) is 0 Å². The van der Waals surface area contributed by atoms with Crippen LogP contribution in [-0.2, 0) is 22.1 Å². The minimum atomic E-state index is -4.64. The molecule has 0 saturated carbocycles. The van der Waals surface area contributed by atoms with Crippen LogP contribution in [0.15, 0.2) is 12.3 Å². The second kappa shape index (κ2) is 4.69. The van der Waals surface area contributed by atoms with E-state index >= 15 is 0 Å². The third-order valence-corrected chi connectivity index (χ3v) is 2.12. The molecule has 0 radical (unpaired) electrons. The first kappa shape index (κ1) is 12.8. The van der Waals surface area contributed by atoms with Crippen LogP contribution in [0.3, 0.4) is 0 Å². The lowest BCUT2D eigenvalue weighted by Crippen LogP contribution is -2.14. The first-order chi connectivity index (χ1) is 7.36. The predicted octanol–water partition coefficient (Wildman–Crippen LogP) is 2.47. The largest absolute Gasteiger partial charge is 0.469 e. The Morgan fingerprint density at radius 3 is 2.69 bits per heavy atom. The summed E-state index contributed by atoms with van der Waals surface area (Å²) < 4.78 is 42.1. The van der Waals surface area contributed by atoms with E-state index in [0.29, 0.717) is 0 Å². The second-order valence-electron chi connectivity index (χ2n) is 2.89. The molecule has 3 nitrogen and oxygen atoms in total. The quantitative estimate of drug-likeness (QED) is 0.600. The lowest BCUT2D eigenvalue weighted by Gasteiger charge is -2.12. The van der Waals surface area contributed by atoms with Crippen LogP contribution in [0.25, 0.3) is 0 Å². The third-order valence-electron chi connectivity index (χ3n) is 1.84. The van der Waals surface area contributed by atoms with Crippen molar-refractivity contribution in [1.29, 1.82) is 0 Å². The van der Waals surface area contributed by atoms with Crippen molar-refractivity contribution < 1.29 is 22.7 Å². The van der Waals surface area contributed by atoms with Crippen molar-refractivity contribution >= 4 is 17.6 Å². The standard InChI is InChI=1S/C9H7ClF3NO2/c1-16-6(15)4-5-2-3-14-8(10)7(5)9(11,12)13/h2-3H,4H2,1H3. The highest BCUT2D eigenvalue weighted by atomic mass is 35.5. The fourth-order valence-corrected chi connectivity index (χ4v) is 1.43. The molecule has 0 amide bonds. The number of carbonyl (C=O) groups excluding carboxylic acids is 1. The summed E-state index contributed by atoms with van der Waals surface area (Å²) in [5.74, 6) is -0.771. The molecule has 0 unspecified atom stereocenters. The molecule has 0 N–H and O–H groups in total. The van der Waals surface area contributed by atoms with E-state index in [-0.39, 0.29) is 5.56 Å². The van der Waals surface area contributed by atoms with E-state index in [1.807, 2.05) is 0 Å². The minimum Gasteiger partial charge on any atom is -0.469 e. The highest BCUT2D eigenvalue weighted by Gasteiger charge is 2.37. The molecule has 88 valence electrons. The summed E-state index contributed by atoms with van der Waals surface area (Å²) in [6.07, 6.45) is -4.03. The van der Waals surface area contributed by atoms with Crippen LogP contribution in [0.4, 0.5) is 13.2 Å². The van der Waals surface area contributed by atoms with Gasteiger partial charge in [-0.3, -0.25) is 4.79 Å². The topological polar surface area (TPSA) is 39.2 Å². The SMILES string of the molecule is COC(=O)Cc1ccnc(Cl)c1C(F)(F)F. The Bertz CT molecular complexity index is 406. The molecule has 0 aliphatic carbocycles. The molecule has 0 fully saturated rings. The molecule has 16 heavy (non-hydrogen) atoms. The fraction of sp³-hybridized carbons (Fsp3) is 0.333. The smallest absolute Gasteiger partial charge is 0.419 e. The highest BCUT2D eigenvalue weighted by molar-refractivity contribution is 6.30. The molecule has 1 rings (SSSR count). The van der Waals surface area contributed by atoms with Crippen LogP contribution in [-0.4, -0.2) is 18.1 Å². The van der Waals surface area contributed by atoms with Gasteiger partial charge >= 0.3 is 12.1 Å². The molecular formula is C9H7ClF3NO2. The highest BCUT2D eigenvalue weighted by Crippen LogP contribution is 2.36. The number of esters is 1. The second-order valence-corrected chi connectivity index (χ2v) is 3.24. The molecule has 0 aliphatic heterocycles. The van der Waals surface area contributed by atoms with Gasteiger partial charge in [-0.25, -0.2) is 4.98 Å². The van der Waals surface area contributed by atoms with Gasteiger partial charge in [0.15, 0.2) is 0 Å². The zero-order chi connectivity index (χ0) is 12.3. The first-order valence-electron chi connectivity index (χ1n) is 4.13. The van der Waals surface area contributed by atoms with Gasteiger partial charge in [0.05, 0.1) is 19.1 Å². The lowest BCUT2D eigenvalue weighted by molar-refractivity contribution is -0.141. The van der Waals surface area contributed by atoms with Gasteiger partial charge < -0.3 is 4.74 Å². The molecule has 0 aromatic carbocycles. The average Bonchev–Trinajstić information content (AvgIpc) is 2.15. The average molecular weight is 254 g/mol. The van der Waals surface area contributed by atoms with Crippen molar-refractivity contribution in [2.24, 2.45) is 0 Å². The Hall–Kier alpha value is -1.30. The molecule has 0 bridgehead atoms. The van der Waals surface area contributed by atoms with Crippen molar-refractivity contribution in [2.75, 3.05) is 7.11 Å². The molecule has 1 aromatic rings. The number of rotatable bonds is 2. The van der Waals surface area contributed by atoms with E-state index in [2.05, 4.69) is 9.72 Å². The monoisotopic (exact) mass is 253 g/mol. The summed E-state index contributed by atoms with van der Waals surface area (Å²) >= 11 is 5.36. The minimum absolute atomic E-state index is 0.251. The Labute approximate surface area is 94.2 Å². The van der Waals surface area contributed by atoms with E-state index in [4.69, 9.17) is 11.6 Å². The Kier molecular flexibility index (Phi) is 3.74. The Balaban J connectivity index is 3.18. The zero-order valence-electron chi connectivity index (χ0n) is 8.14. The van der Waals surface area contributed by atoms with E-state index in [1.165, 1.54) is 0 Å². The number of nitrogens with zero attached hydrogens (tertiary/aromatic N) is 1. The van der Waals surface area contributed by atoms with Gasteiger partial charge in [-0.2, -0.15) is 13.2 Å². The van der Waals surface area contributed by atoms with Gasteiger partial charge in [0.2, 0.25) is 0 Å². The molecule has 0 spiro atoms. The van der Waals surface area contributed by atoms with Crippen molar-refractivity contribution in [2.45, 2.75) is 12.6 Å². The third kappa shape index (κ3) is 2.85. The number of pyridine rings is 1. The molecule has 0 atom stereocenters. The van der Waals surface area contributed by atoms with Crippen molar-refractivity contribution in [3.8, 4) is 0 Å². The lowest BCUT2D eigenvalue weighted by atomic mass is 10.1. The number of halogens is 4. The summed E-state index contributed by atoms with van der Waals surface area (Å²) in [5.41, 5.74) is -1.35. The number of alkyl halides is 3. The van der Waals surface area contributed by atoms with Crippen LogP contribution in [0.2, 0.25) is 5.15 Å². The normalized spacial score (nSPS) is 11.3. The van der Waals surface area contributed by atoms with Crippen LogP contribution in [0.1, 0.15) is 11.1 Å². The van der Waals surface area contributed by atoms with Crippen LogP contribution < -0.4 is 0 Å². The predicted molar refractivity (Wildman–Crippen MR) is 50.0 cm³/mol. The number of hydrogen-bond donors (Lipinski definition) is 0. The summed E-state index contributed by atoms with van der Waals surface area (Å²) in [7, 11) is 1.10. The Morgan fingerprint density at radius 1 is 1.56 bits per heavy atom. The van der Waals surface area contributed by atoms with Gasteiger partial charge in [-0.1, -0.05) is 11.6 Å². The summed E-state index contributed by atoms with van der Waals surface area (Å²) in [4.78, 5) is 14.3. The van der Waals surface area contributed by atoms with E-state index in [1.54, 1.807) is 0 Å². The van der Waals surface area contributed by atoms with E-state index < -0.39 is 29.3 Å². The summed E-state index contributed by atoms with van der Waals surface area (Å²) in [6.45, 7) is 0. The molecule has 1 heterocycles. The van der Waals surface area contributed by atoms with E-state index in [9.17, 15) is 18.0 Å². The van der Waals surface area contributed by atoms with Crippen LogP contribution in [0.5, 0.6) is 0 Å². The molecular weight excluding hydrogens is 247 g/mol. The van der Waals surface area contributed by atoms with Crippen molar-refractivity contribution in [1.82, 2.24) is 4.98 Å². The first-order valence-corrected chi connectivity index (χ1v) is 4.51. The van der Waals surface area contributed by atoms with Gasteiger partial charge in [-0.05, 0) is 11.6 Å². The number of ether oxygens (including phenoxy) is 1.